The Bertz CT molecular complexity index is 602. The zero-order valence-corrected chi connectivity index (χ0v) is 12.6. The van der Waals surface area contributed by atoms with E-state index in [1.807, 2.05) is 12.1 Å². The lowest BCUT2D eigenvalue weighted by Gasteiger charge is -2.09. The Kier molecular flexibility index (Phi) is 6.78. The predicted octanol–water partition coefficient (Wildman–Crippen LogP) is 1.26. The summed E-state index contributed by atoms with van der Waals surface area (Å²) in [4.78, 5) is 14.9. The summed E-state index contributed by atoms with van der Waals surface area (Å²) in [6, 6.07) is 10.2. The number of aromatic nitrogens is 1. The molecule has 0 bridgehead atoms. The number of benzene rings is 1. The third-order valence-electron chi connectivity index (χ3n) is 2.90. The molecule has 1 aromatic carbocycles. The van der Waals surface area contributed by atoms with E-state index in [2.05, 4.69) is 4.98 Å². The van der Waals surface area contributed by atoms with Gasteiger partial charge in [0, 0.05) is 18.3 Å². The number of ether oxygens (including phenoxy) is 1. The maximum absolute atomic E-state index is 10.9. The number of hydrogen-bond donors (Lipinski definition) is 3. The van der Waals surface area contributed by atoms with Gasteiger partial charge in [-0.15, -0.1) is 12.4 Å². The van der Waals surface area contributed by atoms with Crippen molar-refractivity contribution in [1.29, 1.82) is 0 Å². The molecule has 1 atom stereocenters. The number of carbonyl (C=O) groups excluding carboxylic acids is 1. The molecule has 22 heavy (non-hydrogen) atoms. The monoisotopic (exact) mass is 323 g/mol. The maximum atomic E-state index is 10.9. The molecule has 7 heteroatoms. The van der Waals surface area contributed by atoms with Gasteiger partial charge in [0.25, 0.3) is 0 Å². The van der Waals surface area contributed by atoms with Crippen molar-refractivity contribution in [2.75, 3.05) is 6.61 Å². The molecule has 2 aromatic rings. The lowest BCUT2D eigenvalue weighted by atomic mass is 10.1. The molecule has 1 heterocycles. The van der Waals surface area contributed by atoms with Gasteiger partial charge in [-0.25, -0.2) is 4.98 Å². The number of aliphatic hydroxyl groups is 1. The van der Waals surface area contributed by atoms with Gasteiger partial charge >= 0.3 is 0 Å². The molecule has 118 valence electrons. The standard InChI is InChI=1S/C15H17N3O3.ClH/c16-12(9-19)7-10-1-4-13(5-2-10)21-14-6-3-11(8-18-14)15(17)20;/h1-6,8,12,19H,7,9,16H2,(H2,17,20);1H. The van der Waals surface area contributed by atoms with Crippen molar-refractivity contribution in [3.63, 3.8) is 0 Å². The van der Waals surface area contributed by atoms with E-state index in [1.165, 1.54) is 6.20 Å². The van der Waals surface area contributed by atoms with Crippen LogP contribution in [0.3, 0.4) is 0 Å². The Morgan fingerprint density at radius 2 is 1.91 bits per heavy atom. The zero-order chi connectivity index (χ0) is 15.2. The van der Waals surface area contributed by atoms with Crippen LogP contribution in [0.2, 0.25) is 0 Å². The minimum atomic E-state index is -0.529. The molecule has 0 aliphatic rings. The average Bonchev–Trinajstić information content (AvgIpc) is 2.49. The molecule has 0 saturated heterocycles. The maximum Gasteiger partial charge on any atom is 0.250 e. The second-order valence-electron chi connectivity index (χ2n) is 4.64. The van der Waals surface area contributed by atoms with Crippen molar-refractivity contribution in [2.45, 2.75) is 12.5 Å². The van der Waals surface area contributed by atoms with Crippen molar-refractivity contribution in [1.82, 2.24) is 4.98 Å². The topological polar surface area (TPSA) is 111 Å². The smallest absolute Gasteiger partial charge is 0.250 e. The van der Waals surface area contributed by atoms with Gasteiger partial charge < -0.3 is 21.3 Å². The number of hydrogen-bond acceptors (Lipinski definition) is 5. The van der Waals surface area contributed by atoms with Crippen LogP contribution in [0.1, 0.15) is 15.9 Å². The van der Waals surface area contributed by atoms with Gasteiger partial charge in [-0.2, -0.15) is 0 Å². The first-order valence-electron chi connectivity index (χ1n) is 6.47. The Morgan fingerprint density at radius 1 is 1.23 bits per heavy atom. The molecule has 0 aliphatic carbocycles. The number of pyridine rings is 1. The summed E-state index contributed by atoms with van der Waals surface area (Å²) in [7, 11) is 0. The van der Waals surface area contributed by atoms with E-state index in [0.29, 0.717) is 23.6 Å². The minimum absolute atomic E-state index is 0. The molecule has 0 fully saturated rings. The summed E-state index contributed by atoms with van der Waals surface area (Å²) in [5.74, 6) is 0.467. The van der Waals surface area contributed by atoms with Crippen molar-refractivity contribution < 1.29 is 14.6 Å². The quantitative estimate of drug-likeness (QED) is 0.741. The molecule has 6 nitrogen and oxygen atoms in total. The Balaban J connectivity index is 0.00000242. The second kappa shape index (κ2) is 8.33. The molecule has 1 unspecified atom stereocenters. The average molecular weight is 324 g/mol. The third kappa shape index (κ3) is 5.00. The van der Waals surface area contributed by atoms with Gasteiger partial charge in [0.15, 0.2) is 0 Å². The summed E-state index contributed by atoms with van der Waals surface area (Å²) < 4.78 is 5.56. The first-order chi connectivity index (χ1) is 10.1. The fraction of sp³-hybridized carbons (Fsp3) is 0.200. The van der Waals surface area contributed by atoms with Crippen molar-refractivity contribution in [2.24, 2.45) is 11.5 Å². The van der Waals surface area contributed by atoms with Crippen LogP contribution in [0.25, 0.3) is 0 Å². The summed E-state index contributed by atoms with van der Waals surface area (Å²) in [5.41, 5.74) is 12.2. The van der Waals surface area contributed by atoms with Crippen LogP contribution >= 0.6 is 12.4 Å². The number of nitrogens with zero attached hydrogens (tertiary/aromatic N) is 1. The summed E-state index contributed by atoms with van der Waals surface area (Å²) in [6.07, 6.45) is 1.97. The fourth-order valence-electron chi connectivity index (χ4n) is 1.77. The Morgan fingerprint density at radius 3 is 2.41 bits per heavy atom. The van der Waals surface area contributed by atoms with Crippen molar-refractivity contribution >= 4 is 18.3 Å². The van der Waals surface area contributed by atoms with Crippen LogP contribution in [0, 0.1) is 0 Å². The van der Waals surface area contributed by atoms with Crippen LogP contribution in [0.5, 0.6) is 11.6 Å². The molecule has 0 saturated carbocycles. The molecule has 1 aromatic heterocycles. The fourth-order valence-corrected chi connectivity index (χ4v) is 1.77. The summed E-state index contributed by atoms with van der Waals surface area (Å²) in [6.45, 7) is -0.0472. The second-order valence-corrected chi connectivity index (χ2v) is 4.64. The Labute approximate surface area is 134 Å². The van der Waals surface area contributed by atoms with E-state index in [-0.39, 0.29) is 25.1 Å². The third-order valence-corrected chi connectivity index (χ3v) is 2.90. The van der Waals surface area contributed by atoms with E-state index in [1.54, 1.807) is 24.3 Å². The molecular formula is C15H18ClN3O3. The largest absolute Gasteiger partial charge is 0.439 e. The number of amides is 1. The van der Waals surface area contributed by atoms with Gasteiger partial charge in [-0.3, -0.25) is 4.79 Å². The molecule has 1 amide bonds. The molecule has 5 N–H and O–H groups in total. The van der Waals surface area contributed by atoms with E-state index >= 15 is 0 Å². The highest BCUT2D eigenvalue weighted by atomic mass is 35.5. The summed E-state index contributed by atoms with van der Waals surface area (Å²) in [5, 5.41) is 8.92. The van der Waals surface area contributed by atoms with Crippen molar-refractivity contribution in [3.05, 3.63) is 53.7 Å². The predicted molar refractivity (Wildman–Crippen MR) is 85.3 cm³/mol. The molecule has 2 rings (SSSR count). The number of rotatable bonds is 6. The van der Waals surface area contributed by atoms with Gasteiger partial charge in [0.05, 0.1) is 12.2 Å². The van der Waals surface area contributed by atoms with E-state index in [9.17, 15) is 4.79 Å². The van der Waals surface area contributed by atoms with Gasteiger partial charge in [0.2, 0.25) is 11.8 Å². The highest BCUT2D eigenvalue weighted by Crippen LogP contribution is 2.20. The lowest BCUT2D eigenvalue weighted by molar-refractivity contribution is 0.1000. The minimum Gasteiger partial charge on any atom is -0.439 e. The van der Waals surface area contributed by atoms with Crippen LogP contribution in [0.15, 0.2) is 42.6 Å². The number of nitrogens with two attached hydrogens (primary N) is 2. The van der Waals surface area contributed by atoms with Crippen LogP contribution in [0.4, 0.5) is 0 Å². The summed E-state index contributed by atoms with van der Waals surface area (Å²) >= 11 is 0. The normalized spacial score (nSPS) is 11.4. The SMILES string of the molecule is Cl.NC(=O)c1ccc(Oc2ccc(CC(N)CO)cc2)nc1. The first-order valence-corrected chi connectivity index (χ1v) is 6.47. The molecule has 0 radical (unpaired) electrons. The van der Waals surface area contributed by atoms with E-state index in [0.717, 1.165) is 5.56 Å². The van der Waals surface area contributed by atoms with Gasteiger partial charge in [-0.05, 0) is 30.2 Å². The number of halogens is 1. The van der Waals surface area contributed by atoms with Crippen LogP contribution in [-0.4, -0.2) is 28.6 Å². The van der Waals surface area contributed by atoms with Gasteiger partial charge in [-0.1, -0.05) is 12.1 Å². The highest BCUT2D eigenvalue weighted by Gasteiger charge is 2.05. The molecule has 0 aliphatic heterocycles. The number of carbonyl (C=O) groups is 1. The first kappa shape index (κ1) is 17.9. The zero-order valence-electron chi connectivity index (χ0n) is 11.8. The molecular weight excluding hydrogens is 306 g/mol. The van der Waals surface area contributed by atoms with E-state index in [4.69, 9.17) is 21.3 Å². The number of primary amides is 1. The highest BCUT2D eigenvalue weighted by molar-refractivity contribution is 5.92. The van der Waals surface area contributed by atoms with E-state index < -0.39 is 5.91 Å². The number of aliphatic hydroxyl groups excluding tert-OH is 1. The Hall–Kier alpha value is -2.15. The van der Waals surface area contributed by atoms with Crippen LogP contribution < -0.4 is 16.2 Å². The van der Waals surface area contributed by atoms with Crippen LogP contribution in [-0.2, 0) is 6.42 Å². The van der Waals surface area contributed by atoms with Gasteiger partial charge in [0.1, 0.15) is 5.75 Å². The molecule has 0 spiro atoms. The lowest BCUT2D eigenvalue weighted by Crippen LogP contribution is -2.26. The van der Waals surface area contributed by atoms with Crippen molar-refractivity contribution in [3.8, 4) is 11.6 Å².